The molecule has 0 saturated heterocycles. The first-order valence-corrected chi connectivity index (χ1v) is 26.1. The van der Waals surface area contributed by atoms with E-state index in [1.807, 2.05) is 6.08 Å². The first-order valence-electron chi connectivity index (χ1n) is 26.1. The number of aliphatic carboxylic acids is 1. The molecule has 5 unspecified atom stereocenters. The summed E-state index contributed by atoms with van der Waals surface area (Å²) in [7, 11) is 0. The van der Waals surface area contributed by atoms with Crippen molar-refractivity contribution in [1.29, 1.82) is 0 Å². The Morgan fingerprint density at radius 3 is 2.11 bits per heavy atom. The molecule has 11 atom stereocenters. The molecule has 4 aliphatic rings. The molecule has 10 nitrogen and oxygen atoms in total. The Morgan fingerprint density at radius 2 is 1.43 bits per heavy atom. The maximum atomic E-state index is 13.0. The number of aliphatic hydroxyl groups excluding tert-OH is 1. The van der Waals surface area contributed by atoms with E-state index < -0.39 is 30.0 Å². The average Bonchev–Trinajstić information content (AvgIpc) is 3.61. The lowest BCUT2D eigenvalue weighted by Gasteiger charge is -2.61. The molecule has 4 N–H and O–H groups in total. The van der Waals surface area contributed by atoms with E-state index in [1.54, 1.807) is 6.08 Å². The number of hydrogen-bond donors (Lipinski definition) is 4. The molecule has 0 aromatic carbocycles. The molecule has 2 amide bonds. The monoisotopic (exact) mass is 885 g/mol. The van der Waals surface area contributed by atoms with Crippen molar-refractivity contribution in [2.24, 2.45) is 52.3 Å². The van der Waals surface area contributed by atoms with Crippen LogP contribution in [0.2, 0.25) is 0 Å². The van der Waals surface area contributed by atoms with E-state index in [4.69, 9.17) is 14.6 Å². The summed E-state index contributed by atoms with van der Waals surface area (Å²) in [6.07, 6.45) is 31.6. The van der Waals surface area contributed by atoms with Gasteiger partial charge < -0.3 is 30.3 Å². The zero-order valence-electron chi connectivity index (χ0n) is 40.8. The molecule has 4 rings (SSSR count). The van der Waals surface area contributed by atoms with Crippen molar-refractivity contribution < 1.29 is 38.9 Å². The topological polar surface area (TPSA) is 151 Å². The van der Waals surface area contributed by atoms with Gasteiger partial charge in [0.1, 0.15) is 13.2 Å². The van der Waals surface area contributed by atoms with Crippen molar-refractivity contribution in [2.75, 3.05) is 19.8 Å². The lowest BCUT2D eigenvalue weighted by Crippen LogP contribution is -2.54. The fraction of sp³-hybridized carbons (Fsp3) is 0.887. The number of carboxylic acid groups (broad SMARTS) is 1. The second-order valence-electron chi connectivity index (χ2n) is 21.7. The highest BCUT2D eigenvalue weighted by molar-refractivity contribution is 5.85. The Labute approximate surface area is 383 Å². The quantitative estimate of drug-likeness (QED) is 0.0316. The molecule has 362 valence electrons. The summed E-state index contributed by atoms with van der Waals surface area (Å²) in [4.78, 5) is 49.0. The fourth-order valence-electron chi connectivity index (χ4n) is 13.1. The maximum absolute atomic E-state index is 13.0. The van der Waals surface area contributed by atoms with E-state index in [0.29, 0.717) is 16.7 Å². The predicted molar refractivity (Wildman–Crippen MR) is 252 cm³/mol. The number of carbonyl (C=O) groups is 4. The Balaban J connectivity index is 1.17. The number of aliphatic hydroxyl groups is 1. The number of allylic oxidation sites excluding steroid dienone is 1. The van der Waals surface area contributed by atoms with Gasteiger partial charge in [-0.1, -0.05) is 137 Å². The van der Waals surface area contributed by atoms with Crippen LogP contribution in [0.1, 0.15) is 208 Å². The lowest BCUT2D eigenvalue weighted by molar-refractivity contribution is -0.149. The number of nitrogens with one attached hydrogen (secondary N) is 2. The number of carboxylic acids is 1. The molecule has 4 fully saturated rings. The third-order valence-electron chi connectivity index (χ3n) is 16.7. The molecule has 0 bridgehead atoms. The summed E-state index contributed by atoms with van der Waals surface area (Å²) in [6.45, 7) is 14.0. The summed E-state index contributed by atoms with van der Waals surface area (Å²) in [5.41, 5.74) is 0.824. The summed E-state index contributed by atoms with van der Waals surface area (Å²) in [6, 6.07) is -0.962. The number of unbranched alkanes of at least 4 members (excludes halogenated alkanes) is 11. The molecular weight excluding hydrogens is 793 g/mol. The highest BCUT2D eigenvalue weighted by atomic mass is 16.5. The van der Waals surface area contributed by atoms with Crippen molar-refractivity contribution in [3.05, 3.63) is 12.2 Å². The van der Waals surface area contributed by atoms with Crippen LogP contribution in [0.25, 0.3) is 0 Å². The zero-order valence-corrected chi connectivity index (χ0v) is 40.8. The van der Waals surface area contributed by atoms with Crippen molar-refractivity contribution in [3.8, 4) is 0 Å². The number of hydrogen-bond acceptors (Lipinski definition) is 7. The van der Waals surface area contributed by atoms with Crippen LogP contribution in [-0.2, 0) is 28.7 Å². The van der Waals surface area contributed by atoms with Gasteiger partial charge in [-0.3, -0.25) is 19.2 Å². The number of esters is 1. The third-order valence-corrected chi connectivity index (χ3v) is 16.7. The van der Waals surface area contributed by atoms with Crippen LogP contribution in [0.3, 0.4) is 0 Å². The Kier molecular flexibility index (Phi) is 23.0. The molecule has 0 spiro atoms. The minimum absolute atomic E-state index is 0.0304. The minimum atomic E-state index is -1.14. The van der Waals surface area contributed by atoms with Crippen molar-refractivity contribution in [2.45, 2.75) is 227 Å². The lowest BCUT2D eigenvalue weighted by atomic mass is 9.44. The van der Waals surface area contributed by atoms with E-state index >= 15 is 0 Å². The Morgan fingerprint density at radius 1 is 0.762 bits per heavy atom. The van der Waals surface area contributed by atoms with Crippen molar-refractivity contribution in [1.82, 2.24) is 10.6 Å². The zero-order chi connectivity index (χ0) is 45.8. The summed E-state index contributed by atoms with van der Waals surface area (Å²) in [5.74, 6) is 2.84. The molecule has 0 aromatic heterocycles. The first kappa shape index (κ1) is 53.2. The third kappa shape index (κ3) is 16.7. The van der Waals surface area contributed by atoms with E-state index in [2.05, 4.69) is 52.2 Å². The highest BCUT2D eigenvalue weighted by Crippen LogP contribution is 2.68. The molecule has 4 aliphatic carbocycles. The molecule has 0 radical (unpaired) electrons. The highest BCUT2D eigenvalue weighted by Gasteiger charge is 2.60. The van der Waals surface area contributed by atoms with Crippen molar-refractivity contribution >= 4 is 23.8 Å². The smallest absolute Gasteiger partial charge is 0.306 e. The number of rotatable bonds is 30. The average molecular weight is 885 g/mol. The fourth-order valence-corrected chi connectivity index (χ4v) is 13.1. The van der Waals surface area contributed by atoms with E-state index in [1.165, 1.54) is 116 Å². The van der Waals surface area contributed by atoms with Crippen LogP contribution in [0.4, 0.5) is 0 Å². The molecule has 4 saturated carbocycles. The molecule has 63 heavy (non-hydrogen) atoms. The normalized spacial score (nSPS) is 29.3. The van der Waals surface area contributed by atoms with Gasteiger partial charge in [0.15, 0.2) is 0 Å². The van der Waals surface area contributed by atoms with Crippen LogP contribution >= 0.6 is 0 Å². The standard InChI is InChI=1S/C53H92N2O8/c1-7-8-9-10-11-12-13-14-15-16-17-18-19-23-47(56)46(36-63-51(61)29-28-50(59)60)55-48(57)35-54-49(58)37-62-41-30-32-52(5)40(34-41)24-25-42-44-27-26-43(39(4)22-20-21-38(2)3)53(44,6)33-31-45(42)52/h19,23,38-47,56H,7-18,20-22,24-37H2,1-6H3,(H,54,58)(H,55,57)(H,59,60)/b23-19+/t39?,40?,41-,42?,43+,44?,45?,46-,47+,52-,53+/m0/s1. The Hall–Kier alpha value is -2.46. The van der Waals surface area contributed by atoms with Gasteiger partial charge in [0, 0.05) is 0 Å². The van der Waals surface area contributed by atoms with Gasteiger partial charge in [-0.2, -0.15) is 0 Å². The number of amides is 2. The van der Waals surface area contributed by atoms with E-state index in [0.717, 1.165) is 74.0 Å². The second kappa shape index (κ2) is 27.2. The van der Waals surface area contributed by atoms with Gasteiger partial charge in [0.05, 0.1) is 37.6 Å². The van der Waals surface area contributed by atoms with Gasteiger partial charge in [-0.05, 0) is 123 Å². The van der Waals surface area contributed by atoms with Crippen LogP contribution in [0.15, 0.2) is 12.2 Å². The van der Waals surface area contributed by atoms with Gasteiger partial charge >= 0.3 is 11.9 Å². The number of fused-ring (bicyclic) bond motifs is 5. The second-order valence-corrected chi connectivity index (χ2v) is 21.7. The summed E-state index contributed by atoms with van der Waals surface area (Å²) < 4.78 is 11.5. The first-order chi connectivity index (χ1) is 30.2. The SMILES string of the molecule is CCCCCCCCCCCCC/C=C/[C@@H](O)[C@H](COC(=O)CCC(=O)O)NC(=O)CNC(=O)CO[C@H]1CC[C@@]2(C)C(CCC3C2CC[C@@]2(C)C3CC[C@@H]2C(C)CCCC(C)C)C1. The van der Waals surface area contributed by atoms with Gasteiger partial charge in [-0.15, -0.1) is 0 Å². The molecule has 10 heteroatoms. The predicted octanol–water partition coefficient (Wildman–Crippen LogP) is 11.1. The number of carbonyl (C=O) groups excluding carboxylic acids is 3. The van der Waals surface area contributed by atoms with E-state index in [9.17, 15) is 24.3 Å². The van der Waals surface area contributed by atoms with Crippen molar-refractivity contribution in [3.63, 3.8) is 0 Å². The molecular formula is C53H92N2O8. The summed E-state index contributed by atoms with van der Waals surface area (Å²) >= 11 is 0. The Bertz CT molecular complexity index is 1420. The summed E-state index contributed by atoms with van der Waals surface area (Å²) in [5, 5.41) is 25.3. The van der Waals surface area contributed by atoms with Gasteiger partial charge in [0.2, 0.25) is 11.8 Å². The van der Waals surface area contributed by atoms with Gasteiger partial charge in [0.25, 0.3) is 0 Å². The van der Waals surface area contributed by atoms with E-state index in [-0.39, 0.29) is 44.6 Å². The molecule has 0 heterocycles. The van der Waals surface area contributed by atoms with Crippen LogP contribution in [0, 0.1) is 52.3 Å². The van der Waals surface area contributed by atoms with Gasteiger partial charge in [-0.25, -0.2) is 0 Å². The number of ether oxygens (including phenoxy) is 2. The molecule has 0 aliphatic heterocycles. The van der Waals surface area contributed by atoms with Crippen LogP contribution in [-0.4, -0.2) is 72.0 Å². The molecule has 0 aromatic rings. The maximum Gasteiger partial charge on any atom is 0.306 e. The van der Waals surface area contributed by atoms with Crippen LogP contribution in [0.5, 0.6) is 0 Å². The van der Waals surface area contributed by atoms with Crippen LogP contribution < -0.4 is 10.6 Å². The minimum Gasteiger partial charge on any atom is -0.481 e. The largest absolute Gasteiger partial charge is 0.481 e.